The third-order valence-corrected chi connectivity index (χ3v) is 2.22. The third-order valence-electron chi connectivity index (χ3n) is 2.22. The lowest BCUT2D eigenvalue weighted by molar-refractivity contribution is -0.119. The highest BCUT2D eigenvalue weighted by Gasteiger charge is 2.25. The maximum absolute atomic E-state index is 11.5. The summed E-state index contributed by atoms with van der Waals surface area (Å²) < 4.78 is 5.15. The fraction of sp³-hybridized carbons (Fsp3) is 0.273. The van der Waals surface area contributed by atoms with Crippen LogP contribution in [0.25, 0.3) is 0 Å². The summed E-state index contributed by atoms with van der Waals surface area (Å²) in [6, 6.07) is 8.75. The largest absolute Gasteiger partial charge is 0.456 e. The van der Waals surface area contributed by atoms with E-state index in [9.17, 15) is 9.59 Å². The molecule has 0 aromatic heterocycles. The Morgan fingerprint density at radius 2 is 2.07 bits per heavy atom. The summed E-state index contributed by atoms with van der Waals surface area (Å²) in [5, 5.41) is 2.61. The summed E-state index contributed by atoms with van der Waals surface area (Å²) in [6.45, 7) is 0.414. The van der Waals surface area contributed by atoms with Crippen LogP contribution in [0, 0.1) is 0 Å². The number of hydrogen-bond acceptors (Lipinski definition) is 3. The van der Waals surface area contributed by atoms with Crippen LogP contribution in [0.3, 0.4) is 0 Å². The van der Waals surface area contributed by atoms with Crippen LogP contribution in [0.15, 0.2) is 30.3 Å². The Bertz CT molecular complexity index is 375. The van der Waals surface area contributed by atoms with Crippen LogP contribution in [0.4, 0.5) is 0 Å². The molecule has 0 saturated carbocycles. The molecule has 4 nitrogen and oxygen atoms in total. The first-order valence-electron chi connectivity index (χ1n) is 4.78. The van der Waals surface area contributed by atoms with E-state index in [2.05, 4.69) is 5.32 Å². The van der Waals surface area contributed by atoms with Crippen molar-refractivity contribution >= 4 is 11.9 Å². The van der Waals surface area contributed by atoms with Gasteiger partial charge in [-0.2, -0.15) is 0 Å². The normalized spacial score (nSPS) is 19.7. The molecule has 1 aliphatic heterocycles. The Morgan fingerprint density at radius 1 is 1.33 bits per heavy atom. The lowest BCUT2D eigenvalue weighted by Crippen LogP contribution is -2.21. The molecule has 1 aliphatic rings. The van der Waals surface area contributed by atoms with Crippen LogP contribution in [-0.4, -0.2) is 24.5 Å². The molecule has 1 unspecified atom stereocenters. The molecule has 0 aliphatic carbocycles. The number of benzene rings is 1. The van der Waals surface area contributed by atoms with Crippen LogP contribution in [-0.2, 0) is 9.53 Å². The van der Waals surface area contributed by atoms with Gasteiger partial charge in [0.15, 0.2) is 0 Å². The minimum Gasteiger partial charge on any atom is -0.456 e. The summed E-state index contributed by atoms with van der Waals surface area (Å²) in [5.41, 5.74) is 0.511. The molecule has 1 heterocycles. The van der Waals surface area contributed by atoms with E-state index in [0.717, 1.165) is 0 Å². The van der Waals surface area contributed by atoms with Crippen molar-refractivity contribution in [1.29, 1.82) is 0 Å². The fourth-order valence-corrected chi connectivity index (χ4v) is 1.46. The monoisotopic (exact) mass is 205 g/mol. The molecule has 0 bridgehead atoms. The second-order valence-corrected chi connectivity index (χ2v) is 3.40. The maximum Gasteiger partial charge on any atom is 0.338 e. The smallest absolute Gasteiger partial charge is 0.338 e. The number of ether oxygens (including phenoxy) is 1. The molecule has 1 atom stereocenters. The number of carbonyl (C=O) groups excluding carboxylic acids is 2. The summed E-state index contributed by atoms with van der Waals surface area (Å²) >= 11 is 0. The number of amides is 1. The van der Waals surface area contributed by atoms with Gasteiger partial charge in [0.1, 0.15) is 6.10 Å². The first-order valence-corrected chi connectivity index (χ1v) is 4.78. The van der Waals surface area contributed by atoms with Gasteiger partial charge < -0.3 is 10.1 Å². The standard InChI is InChI=1S/C11H11NO3/c13-10-6-9(7-12-10)15-11(14)8-4-2-1-3-5-8/h1-5,9H,6-7H2,(H,12,13). The Kier molecular flexibility index (Phi) is 2.67. The van der Waals surface area contributed by atoms with Gasteiger partial charge in [0, 0.05) is 0 Å². The van der Waals surface area contributed by atoms with E-state index in [1.165, 1.54) is 0 Å². The van der Waals surface area contributed by atoms with Gasteiger partial charge in [-0.1, -0.05) is 18.2 Å². The van der Waals surface area contributed by atoms with E-state index in [1.54, 1.807) is 24.3 Å². The Labute approximate surface area is 87.2 Å². The lowest BCUT2D eigenvalue weighted by atomic mass is 10.2. The predicted molar refractivity (Wildman–Crippen MR) is 53.3 cm³/mol. The van der Waals surface area contributed by atoms with Crippen molar-refractivity contribution < 1.29 is 14.3 Å². The first-order chi connectivity index (χ1) is 7.25. The van der Waals surface area contributed by atoms with Crippen molar-refractivity contribution in [2.45, 2.75) is 12.5 Å². The van der Waals surface area contributed by atoms with E-state index in [4.69, 9.17) is 4.74 Å². The quantitative estimate of drug-likeness (QED) is 0.724. The highest BCUT2D eigenvalue weighted by Crippen LogP contribution is 2.09. The number of rotatable bonds is 2. The zero-order valence-corrected chi connectivity index (χ0v) is 8.10. The Balaban J connectivity index is 1.96. The van der Waals surface area contributed by atoms with E-state index in [0.29, 0.717) is 12.1 Å². The Morgan fingerprint density at radius 3 is 2.67 bits per heavy atom. The second kappa shape index (κ2) is 4.13. The van der Waals surface area contributed by atoms with Crippen LogP contribution >= 0.6 is 0 Å². The summed E-state index contributed by atoms with van der Waals surface area (Å²) in [5.74, 6) is -0.446. The van der Waals surface area contributed by atoms with Gasteiger partial charge in [-0.05, 0) is 12.1 Å². The van der Waals surface area contributed by atoms with Crippen molar-refractivity contribution in [1.82, 2.24) is 5.32 Å². The third kappa shape index (κ3) is 2.34. The van der Waals surface area contributed by atoms with Crippen LogP contribution < -0.4 is 5.32 Å². The number of nitrogens with one attached hydrogen (secondary N) is 1. The zero-order valence-electron chi connectivity index (χ0n) is 8.10. The number of esters is 1. The predicted octanol–water partition coefficient (Wildman–Crippen LogP) is 0.732. The minimum absolute atomic E-state index is 0.0686. The van der Waals surface area contributed by atoms with Gasteiger partial charge in [0.25, 0.3) is 0 Å². The van der Waals surface area contributed by atoms with Gasteiger partial charge in [-0.3, -0.25) is 4.79 Å². The van der Waals surface area contributed by atoms with Gasteiger partial charge >= 0.3 is 5.97 Å². The lowest BCUT2D eigenvalue weighted by Gasteiger charge is -2.09. The van der Waals surface area contributed by atoms with Gasteiger partial charge in [-0.15, -0.1) is 0 Å². The van der Waals surface area contributed by atoms with Crippen molar-refractivity contribution in [2.75, 3.05) is 6.54 Å². The Hall–Kier alpha value is -1.84. The van der Waals surface area contributed by atoms with Crippen LogP contribution in [0.2, 0.25) is 0 Å². The molecular weight excluding hydrogens is 194 g/mol. The maximum atomic E-state index is 11.5. The molecule has 4 heteroatoms. The van der Waals surface area contributed by atoms with Crippen molar-refractivity contribution in [2.24, 2.45) is 0 Å². The molecule has 1 fully saturated rings. The average Bonchev–Trinajstić information content (AvgIpc) is 2.65. The summed E-state index contributed by atoms with van der Waals surface area (Å²) in [7, 11) is 0. The number of carbonyl (C=O) groups is 2. The number of hydrogen-bond donors (Lipinski definition) is 1. The molecular formula is C11H11NO3. The molecule has 1 N–H and O–H groups in total. The SMILES string of the molecule is O=C1CC(OC(=O)c2ccccc2)CN1. The van der Waals surface area contributed by atoms with Gasteiger partial charge in [0.2, 0.25) is 5.91 Å². The highest BCUT2D eigenvalue weighted by molar-refractivity contribution is 5.90. The molecule has 78 valence electrons. The van der Waals surface area contributed by atoms with Crippen molar-refractivity contribution in [3.63, 3.8) is 0 Å². The topological polar surface area (TPSA) is 55.4 Å². The molecule has 2 rings (SSSR count). The van der Waals surface area contributed by atoms with Gasteiger partial charge in [0.05, 0.1) is 18.5 Å². The average molecular weight is 205 g/mol. The van der Waals surface area contributed by atoms with E-state index >= 15 is 0 Å². The molecule has 1 saturated heterocycles. The highest BCUT2D eigenvalue weighted by atomic mass is 16.5. The zero-order chi connectivity index (χ0) is 10.7. The van der Waals surface area contributed by atoms with Crippen LogP contribution in [0.1, 0.15) is 16.8 Å². The fourth-order valence-electron chi connectivity index (χ4n) is 1.46. The van der Waals surface area contributed by atoms with Crippen LogP contribution in [0.5, 0.6) is 0 Å². The molecule has 1 aromatic rings. The van der Waals surface area contributed by atoms with E-state index in [-0.39, 0.29) is 24.4 Å². The first kappa shape index (κ1) is 9.71. The second-order valence-electron chi connectivity index (χ2n) is 3.40. The molecule has 0 radical (unpaired) electrons. The van der Waals surface area contributed by atoms with E-state index < -0.39 is 0 Å². The molecule has 1 aromatic carbocycles. The molecule has 1 amide bonds. The summed E-state index contributed by atoms with van der Waals surface area (Å²) in [4.78, 5) is 22.4. The summed E-state index contributed by atoms with van der Waals surface area (Å²) in [6.07, 6.45) is -0.0660. The molecule has 15 heavy (non-hydrogen) atoms. The van der Waals surface area contributed by atoms with Crippen molar-refractivity contribution in [3.8, 4) is 0 Å². The van der Waals surface area contributed by atoms with E-state index in [1.807, 2.05) is 6.07 Å². The van der Waals surface area contributed by atoms with Gasteiger partial charge in [-0.25, -0.2) is 4.79 Å². The minimum atomic E-state index is -0.378. The van der Waals surface area contributed by atoms with Crippen molar-refractivity contribution in [3.05, 3.63) is 35.9 Å². The molecule has 0 spiro atoms.